The molecular weight excluding hydrogens is 347 g/mol. The van der Waals surface area contributed by atoms with E-state index in [1.807, 2.05) is 0 Å². The van der Waals surface area contributed by atoms with Crippen LogP contribution in [0.1, 0.15) is 12.8 Å². The number of sulfonamides is 1. The van der Waals surface area contributed by atoms with Crippen LogP contribution in [0, 0.1) is 5.41 Å². The lowest BCUT2D eigenvalue weighted by Crippen LogP contribution is -2.47. The van der Waals surface area contributed by atoms with Crippen LogP contribution >= 0.6 is 23.2 Å². The van der Waals surface area contributed by atoms with Gasteiger partial charge in [-0.05, 0) is 44.1 Å². The second kappa shape index (κ2) is 7.47. The van der Waals surface area contributed by atoms with E-state index < -0.39 is 10.0 Å². The summed E-state index contributed by atoms with van der Waals surface area (Å²) in [7, 11) is -2.05. The van der Waals surface area contributed by atoms with Crippen molar-refractivity contribution >= 4 is 33.2 Å². The summed E-state index contributed by atoms with van der Waals surface area (Å²) in [5.41, 5.74) is -0.189. The summed E-state index contributed by atoms with van der Waals surface area (Å²) in [5, 5.41) is 3.79. The second-order valence-electron chi connectivity index (χ2n) is 5.58. The van der Waals surface area contributed by atoms with E-state index in [0.717, 1.165) is 25.9 Å². The maximum absolute atomic E-state index is 12.5. The summed E-state index contributed by atoms with van der Waals surface area (Å²) in [6.07, 6.45) is 1.72. The van der Waals surface area contributed by atoms with E-state index in [4.69, 9.17) is 27.9 Å². The number of piperidine rings is 1. The van der Waals surface area contributed by atoms with E-state index in [0.29, 0.717) is 18.2 Å². The number of hydrogen-bond acceptors (Lipinski definition) is 4. The maximum Gasteiger partial charge on any atom is 0.242 e. The minimum Gasteiger partial charge on any atom is -0.384 e. The Labute approximate surface area is 141 Å². The van der Waals surface area contributed by atoms with Crippen molar-refractivity contribution in [3.05, 3.63) is 28.2 Å². The highest BCUT2D eigenvalue weighted by Crippen LogP contribution is 2.30. The number of methoxy groups -OCH3 is 1. The van der Waals surface area contributed by atoms with Crippen molar-refractivity contribution in [2.24, 2.45) is 5.41 Å². The van der Waals surface area contributed by atoms with E-state index >= 15 is 0 Å². The van der Waals surface area contributed by atoms with Crippen molar-refractivity contribution in [1.29, 1.82) is 0 Å². The van der Waals surface area contributed by atoms with E-state index in [1.54, 1.807) is 7.11 Å². The third-order valence-electron chi connectivity index (χ3n) is 3.94. The monoisotopic (exact) mass is 366 g/mol. The zero-order chi connectivity index (χ0) is 16.2. The molecule has 0 saturated carbocycles. The molecule has 1 fully saturated rings. The average molecular weight is 367 g/mol. The van der Waals surface area contributed by atoms with E-state index in [-0.39, 0.29) is 15.3 Å². The van der Waals surface area contributed by atoms with Crippen molar-refractivity contribution in [3.63, 3.8) is 0 Å². The average Bonchev–Trinajstić information content (AvgIpc) is 2.46. The van der Waals surface area contributed by atoms with Crippen molar-refractivity contribution in [1.82, 2.24) is 10.0 Å². The van der Waals surface area contributed by atoms with Gasteiger partial charge in [0.25, 0.3) is 0 Å². The Kier molecular flexibility index (Phi) is 6.10. The fourth-order valence-electron chi connectivity index (χ4n) is 2.65. The minimum atomic E-state index is -3.68. The number of nitrogens with one attached hydrogen (secondary N) is 2. The lowest BCUT2D eigenvalue weighted by Gasteiger charge is -2.37. The lowest BCUT2D eigenvalue weighted by molar-refractivity contribution is 0.0577. The highest BCUT2D eigenvalue weighted by atomic mass is 35.5. The Morgan fingerprint density at radius 3 is 2.59 bits per heavy atom. The molecule has 1 aromatic rings. The third-order valence-corrected chi connectivity index (χ3v) is 6.05. The van der Waals surface area contributed by atoms with Gasteiger partial charge in [0, 0.05) is 24.1 Å². The first-order chi connectivity index (χ1) is 10.4. The van der Waals surface area contributed by atoms with Crippen LogP contribution in [-0.2, 0) is 14.8 Å². The molecule has 1 aromatic carbocycles. The van der Waals surface area contributed by atoms with Crippen LogP contribution in [0.5, 0.6) is 0 Å². The van der Waals surface area contributed by atoms with Gasteiger partial charge in [0.05, 0.1) is 11.6 Å². The first-order valence-corrected chi connectivity index (χ1v) is 9.27. The molecule has 124 valence electrons. The molecule has 0 amide bonds. The lowest BCUT2D eigenvalue weighted by atomic mass is 9.80. The van der Waals surface area contributed by atoms with E-state index in [1.165, 1.54) is 18.2 Å². The molecule has 1 heterocycles. The minimum absolute atomic E-state index is 0.0417. The molecule has 22 heavy (non-hydrogen) atoms. The third kappa shape index (κ3) is 4.34. The van der Waals surface area contributed by atoms with Gasteiger partial charge in [-0.3, -0.25) is 0 Å². The number of hydrogen-bond donors (Lipinski definition) is 2. The quantitative estimate of drug-likeness (QED) is 0.810. The zero-order valence-electron chi connectivity index (χ0n) is 12.4. The fourth-order valence-corrected chi connectivity index (χ4v) is 4.58. The van der Waals surface area contributed by atoms with Crippen LogP contribution in [-0.4, -0.2) is 41.8 Å². The van der Waals surface area contributed by atoms with Gasteiger partial charge in [-0.2, -0.15) is 0 Å². The second-order valence-corrected chi connectivity index (χ2v) is 8.16. The van der Waals surface area contributed by atoms with Crippen LogP contribution in [0.2, 0.25) is 10.0 Å². The fraction of sp³-hybridized carbons (Fsp3) is 0.571. The number of rotatable bonds is 6. The molecule has 0 spiro atoms. The van der Waals surface area contributed by atoms with Crippen LogP contribution in [0.15, 0.2) is 23.1 Å². The predicted octanol–water partition coefficient (Wildman–Crippen LogP) is 2.29. The van der Waals surface area contributed by atoms with Gasteiger partial charge in [0.15, 0.2) is 0 Å². The molecule has 2 N–H and O–H groups in total. The molecule has 1 aliphatic heterocycles. The SMILES string of the molecule is COCC1(CNS(=O)(=O)c2ccc(Cl)cc2Cl)CCNCC1. The van der Waals surface area contributed by atoms with Gasteiger partial charge < -0.3 is 10.1 Å². The molecular formula is C14H20Cl2N2O3S. The Balaban J connectivity index is 2.14. The van der Waals surface area contributed by atoms with Gasteiger partial charge in [-0.15, -0.1) is 0 Å². The molecule has 1 saturated heterocycles. The largest absolute Gasteiger partial charge is 0.384 e. The van der Waals surface area contributed by atoms with Gasteiger partial charge in [-0.1, -0.05) is 23.2 Å². The van der Waals surface area contributed by atoms with Crippen LogP contribution < -0.4 is 10.0 Å². The summed E-state index contributed by atoms with van der Waals surface area (Å²) in [5.74, 6) is 0. The van der Waals surface area contributed by atoms with E-state index in [2.05, 4.69) is 10.0 Å². The Morgan fingerprint density at radius 2 is 2.00 bits per heavy atom. The Bertz CT molecular complexity index is 611. The predicted molar refractivity (Wildman–Crippen MR) is 88.1 cm³/mol. The van der Waals surface area contributed by atoms with Crippen LogP contribution in [0.25, 0.3) is 0 Å². The first-order valence-electron chi connectivity index (χ1n) is 7.03. The van der Waals surface area contributed by atoms with Crippen LogP contribution in [0.4, 0.5) is 0 Å². The van der Waals surface area contributed by atoms with Crippen molar-refractivity contribution < 1.29 is 13.2 Å². The molecule has 5 nitrogen and oxygen atoms in total. The Hall–Kier alpha value is -0.370. The molecule has 1 aliphatic rings. The number of halogens is 2. The molecule has 0 bridgehead atoms. The van der Waals surface area contributed by atoms with Crippen molar-refractivity contribution in [2.45, 2.75) is 17.7 Å². The molecule has 0 atom stereocenters. The van der Waals surface area contributed by atoms with Gasteiger partial charge >= 0.3 is 0 Å². The topological polar surface area (TPSA) is 67.4 Å². The molecule has 0 aliphatic carbocycles. The number of benzene rings is 1. The summed E-state index contributed by atoms with van der Waals surface area (Å²) >= 11 is 11.8. The molecule has 0 radical (unpaired) electrons. The Morgan fingerprint density at radius 1 is 1.32 bits per heavy atom. The summed E-state index contributed by atoms with van der Waals surface area (Å²) in [6.45, 7) is 2.55. The molecule has 0 aromatic heterocycles. The first kappa shape index (κ1) is 18.0. The molecule has 2 rings (SSSR count). The smallest absolute Gasteiger partial charge is 0.242 e. The van der Waals surface area contributed by atoms with Crippen molar-refractivity contribution in [2.75, 3.05) is 33.4 Å². The summed E-state index contributed by atoms with van der Waals surface area (Å²) < 4.78 is 32.9. The van der Waals surface area contributed by atoms with E-state index in [9.17, 15) is 8.42 Å². The molecule has 8 heteroatoms. The highest BCUT2D eigenvalue weighted by Gasteiger charge is 2.34. The van der Waals surface area contributed by atoms with Gasteiger partial charge in [0.1, 0.15) is 4.90 Å². The normalized spacial score (nSPS) is 18.3. The van der Waals surface area contributed by atoms with Crippen molar-refractivity contribution in [3.8, 4) is 0 Å². The number of ether oxygens (including phenoxy) is 1. The highest BCUT2D eigenvalue weighted by molar-refractivity contribution is 7.89. The van der Waals surface area contributed by atoms with Gasteiger partial charge in [0.2, 0.25) is 10.0 Å². The molecule has 0 unspecified atom stereocenters. The maximum atomic E-state index is 12.5. The van der Waals surface area contributed by atoms with Gasteiger partial charge in [-0.25, -0.2) is 13.1 Å². The summed E-state index contributed by atoms with van der Waals surface area (Å²) in [6, 6.07) is 4.35. The standard InChI is InChI=1S/C14H20Cl2N2O3S/c1-21-10-14(4-6-17-7-5-14)9-18-22(19,20)13-3-2-11(15)8-12(13)16/h2-3,8,17-18H,4-7,9-10H2,1H3. The summed E-state index contributed by atoms with van der Waals surface area (Å²) in [4.78, 5) is 0.0417. The van der Waals surface area contributed by atoms with Crippen LogP contribution in [0.3, 0.4) is 0 Å². The zero-order valence-corrected chi connectivity index (χ0v) is 14.7.